The second-order valence-electron chi connectivity index (χ2n) is 7.55. The second kappa shape index (κ2) is 10.5. The summed E-state index contributed by atoms with van der Waals surface area (Å²) in [5.74, 6) is -0.648. The van der Waals surface area contributed by atoms with E-state index in [0.29, 0.717) is 17.7 Å². The zero-order chi connectivity index (χ0) is 23.1. The lowest BCUT2D eigenvalue weighted by atomic mass is 10.00. The first-order valence-corrected chi connectivity index (χ1v) is 10.5. The molecular weight excluding hydrogens is 411 g/mol. The summed E-state index contributed by atoms with van der Waals surface area (Å²) in [5, 5.41) is 11.3. The van der Waals surface area contributed by atoms with Crippen molar-refractivity contribution in [1.29, 1.82) is 5.26 Å². The van der Waals surface area contributed by atoms with Gasteiger partial charge >= 0.3 is 6.09 Å². The molecule has 1 N–H and O–H groups in total. The fraction of sp³-hybridized carbons (Fsp3) is 0.333. The standard InChI is InChI=1S/C24H25FN4O3/c1-3-19(28-15-26)9-6-17-4-7-18(8-5-17)22-11-10-20(12-23(22)25)29-14-21(32-24(29)31)13-27-16(2)30/h4-5,7-8,10-12,21H,3,6,9,13-14H2,1-2H3,(H,27,30)/t21-/m0/s1. The highest BCUT2D eigenvalue weighted by molar-refractivity contribution is 5.90. The number of cyclic esters (lactones) is 1. The summed E-state index contributed by atoms with van der Waals surface area (Å²) in [7, 11) is 0. The van der Waals surface area contributed by atoms with Gasteiger partial charge in [-0.25, -0.2) is 9.18 Å². The Balaban J connectivity index is 1.68. The van der Waals surface area contributed by atoms with Gasteiger partial charge in [-0.1, -0.05) is 31.2 Å². The van der Waals surface area contributed by atoms with Gasteiger partial charge < -0.3 is 10.1 Å². The number of aryl methyl sites for hydroxylation is 1. The Morgan fingerprint density at radius 3 is 2.69 bits per heavy atom. The molecule has 8 heteroatoms. The van der Waals surface area contributed by atoms with E-state index in [2.05, 4.69) is 10.3 Å². The van der Waals surface area contributed by atoms with Crippen molar-refractivity contribution in [2.75, 3.05) is 18.0 Å². The zero-order valence-corrected chi connectivity index (χ0v) is 18.1. The van der Waals surface area contributed by atoms with E-state index in [0.717, 1.165) is 29.7 Å². The van der Waals surface area contributed by atoms with Gasteiger partial charge in [0.2, 0.25) is 12.1 Å². The van der Waals surface area contributed by atoms with Gasteiger partial charge in [-0.15, -0.1) is 0 Å². The fourth-order valence-corrected chi connectivity index (χ4v) is 3.52. The van der Waals surface area contributed by atoms with Crippen molar-refractivity contribution in [2.45, 2.75) is 39.2 Å². The second-order valence-corrected chi connectivity index (χ2v) is 7.55. The van der Waals surface area contributed by atoms with E-state index in [1.165, 1.54) is 17.9 Å². The molecule has 0 unspecified atom stereocenters. The third kappa shape index (κ3) is 5.70. The van der Waals surface area contributed by atoms with Gasteiger partial charge in [-0.3, -0.25) is 9.69 Å². The lowest BCUT2D eigenvalue weighted by Gasteiger charge is -2.15. The molecule has 2 aromatic carbocycles. The molecule has 32 heavy (non-hydrogen) atoms. The summed E-state index contributed by atoms with van der Waals surface area (Å²) < 4.78 is 20.1. The maximum Gasteiger partial charge on any atom is 0.414 e. The highest BCUT2D eigenvalue weighted by Crippen LogP contribution is 2.29. The highest BCUT2D eigenvalue weighted by atomic mass is 19.1. The zero-order valence-electron chi connectivity index (χ0n) is 18.1. The van der Waals surface area contributed by atoms with Gasteiger partial charge in [0.05, 0.1) is 18.8 Å². The number of ether oxygens (including phenoxy) is 1. The monoisotopic (exact) mass is 436 g/mol. The third-order valence-corrected chi connectivity index (χ3v) is 5.30. The molecule has 0 bridgehead atoms. The van der Waals surface area contributed by atoms with E-state index >= 15 is 0 Å². The van der Waals surface area contributed by atoms with Gasteiger partial charge in [0, 0.05) is 18.2 Å². The van der Waals surface area contributed by atoms with Crippen LogP contribution in [0.4, 0.5) is 14.9 Å². The Morgan fingerprint density at radius 2 is 2.06 bits per heavy atom. The number of aliphatic imine (C=N–C) groups is 1. The van der Waals surface area contributed by atoms with Gasteiger partial charge in [-0.2, -0.15) is 10.3 Å². The van der Waals surface area contributed by atoms with Crippen LogP contribution in [0.15, 0.2) is 47.5 Å². The number of hydrogen-bond acceptors (Lipinski definition) is 5. The van der Waals surface area contributed by atoms with Gasteiger partial charge in [0.15, 0.2) is 0 Å². The number of nitrogens with one attached hydrogen (secondary N) is 1. The molecule has 2 aromatic rings. The van der Waals surface area contributed by atoms with Crippen LogP contribution in [-0.2, 0) is 16.0 Å². The van der Waals surface area contributed by atoms with E-state index in [1.807, 2.05) is 37.4 Å². The molecule has 2 amide bonds. The Labute approximate surface area is 186 Å². The molecule has 0 spiro atoms. The minimum absolute atomic E-state index is 0.206. The molecule has 0 aliphatic carbocycles. The summed E-state index contributed by atoms with van der Waals surface area (Å²) in [6.07, 6.45) is 2.99. The molecule has 0 radical (unpaired) electrons. The molecule has 1 heterocycles. The van der Waals surface area contributed by atoms with Crippen molar-refractivity contribution < 1.29 is 18.7 Å². The van der Waals surface area contributed by atoms with Crippen molar-refractivity contribution in [1.82, 2.24) is 5.32 Å². The topological polar surface area (TPSA) is 94.8 Å². The summed E-state index contributed by atoms with van der Waals surface area (Å²) >= 11 is 0. The molecule has 1 aliphatic heterocycles. The molecule has 0 aromatic heterocycles. The number of hydrogen-bond donors (Lipinski definition) is 1. The third-order valence-electron chi connectivity index (χ3n) is 5.30. The van der Waals surface area contributed by atoms with Crippen LogP contribution in [0.5, 0.6) is 0 Å². The summed E-state index contributed by atoms with van der Waals surface area (Å²) in [6.45, 7) is 3.81. The first-order chi connectivity index (χ1) is 15.4. The van der Waals surface area contributed by atoms with Crippen LogP contribution in [0.2, 0.25) is 0 Å². The van der Waals surface area contributed by atoms with Crippen LogP contribution in [0.25, 0.3) is 11.1 Å². The van der Waals surface area contributed by atoms with E-state index in [-0.39, 0.29) is 19.0 Å². The largest absolute Gasteiger partial charge is 0.442 e. The number of nitriles is 1. The first kappa shape index (κ1) is 22.9. The number of nitrogens with zero attached hydrogens (tertiary/aromatic N) is 3. The molecule has 1 fully saturated rings. The molecule has 0 saturated carbocycles. The lowest BCUT2D eigenvalue weighted by Crippen LogP contribution is -2.33. The van der Waals surface area contributed by atoms with Crippen molar-refractivity contribution in [3.63, 3.8) is 0 Å². The predicted molar refractivity (Wildman–Crippen MR) is 120 cm³/mol. The minimum atomic E-state index is -0.566. The molecule has 3 rings (SSSR count). The van der Waals surface area contributed by atoms with Crippen molar-refractivity contribution >= 4 is 23.4 Å². The molecule has 7 nitrogen and oxygen atoms in total. The normalized spacial score (nSPS) is 15.9. The average molecular weight is 436 g/mol. The summed E-state index contributed by atoms with van der Waals surface area (Å²) in [6, 6.07) is 12.2. The van der Waals surface area contributed by atoms with Crippen molar-refractivity contribution in [3.8, 4) is 17.3 Å². The molecule has 166 valence electrons. The van der Waals surface area contributed by atoms with Crippen LogP contribution >= 0.6 is 0 Å². The fourth-order valence-electron chi connectivity index (χ4n) is 3.52. The van der Waals surface area contributed by atoms with E-state index in [9.17, 15) is 14.0 Å². The SMILES string of the molecule is CCC(CCc1ccc(-c2ccc(N3C[C@H](CNC(C)=O)OC3=O)cc2F)cc1)=NC#N. The lowest BCUT2D eigenvalue weighted by molar-refractivity contribution is -0.119. The van der Waals surface area contributed by atoms with Gasteiger partial charge in [0.1, 0.15) is 11.9 Å². The van der Waals surface area contributed by atoms with Crippen LogP contribution < -0.4 is 10.2 Å². The quantitative estimate of drug-likeness (QED) is 0.495. The van der Waals surface area contributed by atoms with E-state index < -0.39 is 18.0 Å². The van der Waals surface area contributed by atoms with Crippen LogP contribution in [0.3, 0.4) is 0 Å². The number of halogens is 1. The number of carbonyl (C=O) groups is 2. The van der Waals surface area contributed by atoms with Gasteiger partial charge in [-0.05, 0) is 48.6 Å². The first-order valence-electron chi connectivity index (χ1n) is 10.5. The Bertz CT molecular complexity index is 1060. The molecular formula is C24H25FN4O3. The number of carbonyl (C=O) groups excluding carboxylic acids is 2. The van der Waals surface area contributed by atoms with E-state index in [4.69, 9.17) is 10.00 Å². The number of benzene rings is 2. The van der Waals surface area contributed by atoms with Crippen LogP contribution in [0.1, 0.15) is 32.3 Å². The van der Waals surface area contributed by atoms with Crippen molar-refractivity contribution in [2.24, 2.45) is 4.99 Å². The summed E-state index contributed by atoms with van der Waals surface area (Å²) in [5.41, 5.74) is 3.50. The maximum absolute atomic E-state index is 14.9. The van der Waals surface area contributed by atoms with Crippen LogP contribution in [0, 0.1) is 17.3 Å². The number of anilines is 1. The molecule has 1 aliphatic rings. The Hall–Kier alpha value is -3.73. The number of rotatable bonds is 8. The maximum atomic E-state index is 14.9. The van der Waals surface area contributed by atoms with Crippen molar-refractivity contribution in [3.05, 3.63) is 53.8 Å². The average Bonchev–Trinajstić information content (AvgIpc) is 3.16. The molecule has 1 atom stereocenters. The minimum Gasteiger partial charge on any atom is -0.442 e. The molecule has 1 saturated heterocycles. The predicted octanol–water partition coefficient (Wildman–Crippen LogP) is 4.22. The van der Waals surface area contributed by atoms with Gasteiger partial charge in [0.25, 0.3) is 0 Å². The highest BCUT2D eigenvalue weighted by Gasteiger charge is 2.32. The number of amides is 2. The summed E-state index contributed by atoms with van der Waals surface area (Å²) in [4.78, 5) is 28.4. The smallest absolute Gasteiger partial charge is 0.414 e. The van der Waals surface area contributed by atoms with E-state index in [1.54, 1.807) is 12.1 Å². The Kier molecular flexibility index (Phi) is 7.55. The van der Waals surface area contributed by atoms with Crippen LogP contribution in [-0.4, -0.2) is 36.9 Å². The Morgan fingerprint density at radius 1 is 1.31 bits per heavy atom.